The van der Waals surface area contributed by atoms with Gasteiger partial charge in [-0.3, -0.25) is 0 Å². The van der Waals surface area contributed by atoms with Gasteiger partial charge < -0.3 is 0 Å². The van der Waals surface area contributed by atoms with E-state index >= 15 is 0 Å². The van der Waals surface area contributed by atoms with Crippen LogP contribution in [0.2, 0.25) is 0 Å². The number of fused-ring (bicyclic) bond motifs is 1. The minimum Gasteiger partial charge on any atom is -0.232 e. The molecule has 0 heterocycles. The minimum atomic E-state index is -0.154. The van der Waals surface area contributed by atoms with E-state index in [9.17, 15) is 5.11 Å². The van der Waals surface area contributed by atoms with Crippen LogP contribution >= 0.6 is 15.9 Å². The predicted molar refractivity (Wildman–Crippen MR) is 56.0 cm³/mol. The van der Waals surface area contributed by atoms with E-state index in [0.29, 0.717) is 0 Å². The summed E-state index contributed by atoms with van der Waals surface area (Å²) in [4.78, 5) is 0. The van der Waals surface area contributed by atoms with Gasteiger partial charge in [0, 0.05) is 4.47 Å². The molecule has 0 aliphatic heterocycles. The van der Waals surface area contributed by atoms with Crippen molar-refractivity contribution in [3.05, 3.63) is 46.4 Å². The fourth-order valence-electron chi connectivity index (χ4n) is 1.45. The third-order valence-corrected chi connectivity index (χ3v) is 2.58. The highest BCUT2D eigenvalue weighted by atomic mass is 79.9. The first-order valence-corrected chi connectivity index (χ1v) is 4.86. The molecule has 0 amide bonds. The molecular formula is C11H8BrO. The summed E-state index contributed by atoms with van der Waals surface area (Å²) in [5, 5.41) is 13.0. The largest absolute Gasteiger partial charge is 0.232 e. The lowest BCUT2D eigenvalue weighted by atomic mass is 10.1. The van der Waals surface area contributed by atoms with Gasteiger partial charge >= 0.3 is 0 Å². The van der Waals surface area contributed by atoms with E-state index in [1.807, 2.05) is 36.4 Å². The van der Waals surface area contributed by atoms with Crippen LogP contribution in [0.5, 0.6) is 0 Å². The van der Waals surface area contributed by atoms with E-state index in [0.717, 1.165) is 20.8 Å². The summed E-state index contributed by atoms with van der Waals surface area (Å²) < 4.78 is 1.04. The molecule has 0 N–H and O–H groups in total. The molecule has 2 rings (SSSR count). The maximum atomic E-state index is 10.8. The Balaban J connectivity index is 2.77. The van der Waals surface area contributed by atoms with Crippen LogP contribution in [0.4, 0.5) is 0 Å². The molecule has 0 saturated carbocycles. The van der Waals surface area contributed by atoms with Gasteiger partial charge in [0.2, 0.25) is 0 Å². The molecule has 0 saturated heterocycles. The summed E-state index contributed by atoms with van der Waals surface area (Å²) in [7, 11) is 0. The normalized spacial score (nSPS) is 10.6. The van der Waals surface area contributed by atoms with Crippen molar-refractivity contribution in [1.29, 1.82) is 0 Å². The maximum absolute atomic E-state index is 10.8. The summed E-state index contributed by atoms with van der Waals surface area (Å²) in [5.74, 6) is 0. The van der Waals surface area contributed by atoms with Crippen molar-refractivity contribution < 1.29 is 5.11 Å². The lowest BCUT2D eigenvalue weighted by molar-refractivity contribution is 0.179. The highest BCUT2D eigenvalue weighted by molar-refractivity contribution is 9.10. The average Bonchev–Trinajstić information content (AvgIpc) is 2.16. The zero-order valence-electron chi connectivity index (χ0n) is 6.96. The van der Waals surface area contributed by atoms with E-state index in [4.69, 9.17) is 0 Å². The highest BCUT2D eigenvalue weighted by Gasteiger charge is 1.99. The van der Waals surface area contributed by atoms with Crippen LogP contribution < -0.4 is 0 Å². The molecule has 1 nitrogen and oxygen atoms in total. The number of hydrogen-bond acceptors (Lipinski definition) is 0. The number of rotatable bonds is 1. The second-order valence-corrected chi connectivity index (χ2v) is 3.84. The van der Waals surface area contributed by atoms with Gasteiger partial charge in [0.05, 0.1) is 0 Å². The van der Waals surface area contributed by atoms with Gasteiger partial charge in [0.15, 0.2) is 0 Å². The molecular weight excluding hydrogens is 228 g/mol. The molecule has 0 bridgehead atoms. The third kappa shape index (κ3) is 1.60. The van der Waals surface area contributed by atoms with Crippen molar-refractivity contribution in [2.75, 3.05) is 0 Å². The Hall–Kier alpha value is -0.860. The molecule has 1 radical (unpaired) electrons. The first-order valence-electron chi connectivity index (χ1n) is 4.06. The van der Waals surface area contributed by atoms with Gasteiger partial charge in [-0.15, -0.1) is 0 Å². The Morgan fingerprint density at radius 2 is 2.00 bits per heavy atom. The van der Waals surface area contributed by atoms with Crippen molar-refractivity contribution in [1.82, 2.24) is 0 Å². The Kier molecular flexibility index (Phi) is 2.34. The zero-order valence-corrected chi connectivity index (χ0v) is 8.54. The van der Waals surface area contributed by atoms with E-state index in [-0.39, 0.29) is 6.61 Å². The second kappa shape index (κ2) is 3.48. The number of halogens is 1. The minimum absolute atomic E-state index is 0.154. The van der Waals surface area contributed by atoms with Crippen LogP contribution in [0.3, 0.4) is 0 Å². The lowest BCUT2D eigenvalue weighted by Gasteiger charge is -2.02. The molecule has 0 unspecified atom stereocenters. The Morgan fingerprint density at radius 3 is 2.77 bits per heavy atom. The molecule has 0 atom stereocenters. The zero-order chi connectivity index (χ0) is 9.26. The molecule has 13 heavy (non-hydrogen) atoms. The first-order chi connectivity index (χ1) is 6.31. The molecule has 0 fully saturated rings. The molecule has 2 aromatic carbocycles. The molecule has 2 aromatic rings. The molecule has 0 spiro atoms. The van der Waals surface area contributed by atoms with Gasteiger partial charge in [0.25, 0.3) is 0 Å². The fraction of sp³-hybridized carbons (Fsp3) is 0.0909. The van der Waals surface area contributed by atoms with Crippen molar-refractivity contribution >= 4 is 26.7 Å². The molecule has 65 valence electrons. The number of hydrogen-bond donors (Lipinski definition) is 0. The monoisotopic (exact) mass is 235 g/mol. The topological polar surface area (TPSA) is 19.9 Å². The third-order valence-electron chi connectivity index (χ3n) is 2.09. The predicted octanol–water partition coefficient (Wildman–Crippen LogP) is 3.53. The van der Waals surface area contributed by atoms with Crippen molar-refractivity contribution in [3.8, 4) is 0 Å². The van der Waals surface area contributed by atoms with E-state index in [1.54, 1.807) is 0 Å². The smallest absolute Gasteiger partial charge is 0.108 e. The van der Waals surface area contributed by atoms with Gasteiger partial charge in [-0.25, -0.2) is 5.11 Å². The van der Waals surface area contributed by atoms with Crippen LogP contribution in [0, 0.1) is 0 Å². The van der Waals surface area contributed by atoms with Crippen LogP contribution in [0.15, 0.2) is 40.9 Å². The average molecular weight is 236 g/mol. The van der Waals surface area contributed by atoms with Crippen molar-refractivity contribution in [2.24, 2.45) is 0 Å². The van der Waals surface area contributed by atoms with Gasteiger partial charge in [-0.1, -0.05) is 40.2 Å². The van der Waals surface area contributed by atoms with E-state index < -0.39 is 0 Å². The van der Waals surface area contributed by atoms with Crippen LogP contribution in [-0.2, 0) is 11.7 Å². The highest BCUT2D eigenvalue weighted by Crippen LogP contribution is 2.22. The van der Waals surface area contributed by atoms with Gasteiger partial charge in [-0.05, 0) is 28.5 Å². The number of benzene rings is 2. The Labute approximate surface area is 85.1 Å². The lowest BCUT2D eigenvalue weighted by Crippen LogP contribution is -1.83. The summed E-state index contributed by atoms with van der Waals surface area (Å²) in [6, 6.07) is 11.8. The fourth-order valence-corrected chi connectivity index (χ4v) is 1.83. The Morgan fingerprint density at radius 1 is 1.15 bits per heavy atom. The quantitative estimate of drug-likeness (QED) is 0.721. The van der Waals surface area contributed by atoms with Crippen LogP contribution in [-0.4, -0.2) is 0 Å². The molecule has 0 aromatic heterocycles. The first kappa shape index (κ1) is 8.73. The summed E-state index contributed by atoms with van der Waals surface area (Å²) in [6.45, 7) is -0.154. The van der Waals surface area contributed by atoms with Crippen LogP contribution in [0.1, 0.15) is 5.56 Å². The second-order valence-electron chi connectivity index (χ2n) is 2.93. The molecule has 0 aliphatic carbocycles. The SMILES string of the molecule is [O]Cc1cccc2cc(Br)ccc12. The van der Waals surface area contributed by atoms with Gasteiger partial charge in [0.1, 0.15) is 6.61 Å². The van der Waals surface area contributed by atoms with Gasteiger partial charge in [-0.2, -0.15) is 0 Å². The van der Waals surface area contributed by atoms with Crippen LogP contribution in [0.25, 0.3) is 10.8 Å². The molecule has 2 heteroatoms. The summed E-state index contributed by atoms with van der Waals surface area (Å²) in [6.07, 6.45) is 0. The maximum Gasteiger partial charge on any atom is 0.108 e. The Bertz CT molecular complexity index is 437. The summed E-state index contributed by atoms with van der Waals surface area (Å²) in [5.41, 5.74) is 0.866. The summed E-state index contributed by atoms with van der Waals surface area (Å²) >= 11 is 3.40. The molecule has 0 aliphatic rings. The van der Waals surface area contributed by atoms with Crippen molar-refractivity contribution in [3.63, 3.8) is 0 Å². The van der Waals surface area contributed by atoms with E-state index in [1.165, 1.54) is 0 Å². The van der Waals surface area contributed by atoms with Crippen molar-refractivity contribution in [2.45, 2.75) is 6.61 Å². The van der Waals surface area contributed by atoms with E-state index in [2.05, 4.69) is 15.9 Å². The standard InChI is InChI=1S/C11H8BrO/c12-10-4-5-11-8(6-10)2-1-3-9(11)7-13/h1-6H,7H2.